The van der Waals surface area contributed by atoms with E-state index in [0.29, 0.717) is 10.6 Å². The molecule has 2 aromatic rings. The summed E-state index contributed by atoms with van der Waals surface area (Å²) in [6.07, 6.45) is 1.06. The summed E-state index contributed by atoms with van der Waals surface area (Å²) in [6.45, 7) is 2.84. The molecule has 2 aromatic heterocycles. The summed E-state index contributed by atoms with van der Waals surface area (Å²) in [5, 5.41) is 13.4. The van der Waals surface area contributed by atoms with Gasteiger partial charge in [-0.1, -0.05) is 12.6 Å². The van der Waals surface area contributed by atoms with Crippen LogP contribution in [-0.2, 0) is 29.1 Å². The van der Waals surface area contributed by atoms with Crippen LogP contribution in [0.4, 0.5) is 5.13 Å². The first-order valence-electron chi connectivity index (χ1n) is 10.2. The smallest absolute Gasteiger partial charge is 0.418 e. The molecule has 3 heterocycles. The van der Waals surface area contributed by atoms with Crippen molar-refractivity contribution in [1.82, 2.24) is 15.0 Å². The van der Waals surface area contributed by atoms with E-state index in [4.69, 9.17) is 31.0 Å². The number of carbonyl (C=O) groups excluding carboxylic acids is 2. The Balaban J connectivity index is 0.00000361. The van der Waals surface area contributed by atoms with Crippen LogP contribution in [0, 0.1) is 11.3 Å². The zero-order chi connectivity index (χ0) is 26.7. The van der Waals surface area contributed by atoms with Gasteiger partial charge in [-0.15, -0.1) is 15.6 Å². The Morgan fingerprint density at radius 3 is 2.61 bits per heavy atom. The summed E-state index contributed by atoms with van der Waals surface area (Å²) in [6, 6.07) is 3.03. The minimum Gasteiger partial charge on any atom is -0.474 e. The van der Waals surface area contributed by atoms with Crippen LogP contribution in [0.3, 0.4) is 0 Å². The number of hydrogen-bond donors (Lipinski definition) is 4. The van der Waals surface area contributed by atoms with Gasteiger partial charge < -0.3 is 21.0 Å². The molecule has 6 N–H and O–H groups in total. The van der Waals surface area contributed by atoms with Gasteiger partial charge in [0.15, 0.2) is 23.2 Å². The Morgan fingerprint density at radius 1 is 1.37 bits per heavy atom. The molecular weight excluding hydrogens is 562 g/mol. The Kier molecular flexibility index (Phi) is 11.2. The number of nitrogens with zero attached hydrogens (tertiary/aromatic N) is 4. The van der Waals surface area contributed by atoms with E-state index < -0.39 is 33.5 Å². The number of hydrogen-bond acceptors (Lipinski definition) is 13. The number of pyridine rings is 1. The Hall–Kier alpha value is -3.32. The predicted octanol–water partition coefficient (Wildman–Crippen LogP) is 0.884. The molecule has 0 spiro atoms. The van der Waals surface area contributed by atoms with Gasteiger partial charge >= 0.3 is 10.4 Å². The molecule has 210 valence electrons. The average molecular weight is 592 g/mol. The van der Waals surface area contributed by atoms with E-state index in [1.165, 1.54) is 31.5 Å². The molecule has 1 amide bonds. The lowest BCUT2D eigenvalue weighted by molar-refractivity contribution is -0.228. The van der Waals surface area contributed by atoms with E-state index in [1.54, 1.807) is 6.07 Å². The number of ether oxygens (including phenoxy) is 1. The second-order valence-corrected chi connectivity index (χ2v) is 9.85. The number of ketones is 1. The van der Waals surface area contributed by atoms with Crippen molar-refractivity contribution in [1.29, 1.82) is 5.41 Å². The van der Waals surface area contributed by atoms with Gasteiger partial charge in [-0.25, -0.2) is 9.97 Å². The van der Waals surface area contributed by atoms with Crippen LogP contribution in [0.2, 0.25) is 0 Å². The summed E-state index contributed by atoms with van der Waals surface area (Å²) < 4.78 is 40.6. The third kappa shape index (κ3) is 7.84. The predicted molar refractivity (Wildman–Crippen MR) is 144 cm³/mol. The van der Waals surface area contributed by atoms with Gasteiger partial charge in [0.1, 0.15) is 18.1 Å². The first-order valence-corrected chi connectivity index (χ1v) is 12.4. The number of amides is 1. The molecule has 1 atom stereocenters. The quantitative estimate of drug-likeness (QED) is 0.0672. The summed E-state index contributed by atoms with van der Waals surface area (Å²) in [5.41, 5.74) is 10.2. The molecule has 3 rings (SSSR count). The number of nitrogens with one attached hydrogen (secondary N) is 1. The molecule has 1 aliphatic rings. The molecule has 0 saturated carbocycles. The number of hydroxylamine groups is 2. The van der Waals surface area contributed by atoms with Crippen molar-refractivity contribution < 1.29 is 36.4 Å². The van der Waals surface area contributed by atoms with E-state index in [0.717, 1.165) is 11.3 Å². The first kappa shape index (κ1) is 32.7. The number of nitrogen functional groups attached to an aromatic ring is 2. The molecule has 0 radical (unpaired) electrons. The molecule has 0 aromatic carbocycles. The van der Waals surface area contributed by atoms with Gasteiger partial charge in [0.05, 0.1) is 11.5 Å². The van der Waals surface area contributed by atoms with E-state index in [2.05, 4.69) is 19.4 Å². The maximum atomic E-state index is 13.0. The number of rotatable bonds is 12. The zero-order valence-corrected chi connectivity index (χ0v) is 22.2. The van der Waals surface area contributed by atoms with Crippen LogP contribution >= 0.6 is 24.8 Å². The van der Waals surface area contributed by atoms with Crippen molar-refractivity contribution in [2.24, 2.45) is 16.8 Å². The van der Waals surface area contributed by atoms with E-state index in [1.807, 2.05) is 0 Å². The van der Waals surface area contributed by atoms with Crippen LogP contribution in [0.1, 0.15) is 39.0 Å². The number of amidine groups is 1. The van der Waals surface area contributed by atoms with Crippen molar-refractivity contribution in [2.75, 3.05) is 18.9 Å². The summed E-state index contributed by atoms with van der Waals surface area (Å²) in [5.74, 6) is -2.32. The number of thiazole rings is 1. The third-order valence-electron chi connectivity index (χ3n) is 5.09. The van der Waals surface area contributed by atoms with Crippen LogP contribution in [0.15, 0.2) is 28.9 Å². The van der Waals surface area contributed by atoms with Gasteiger partial charge in [0, 0.05) is 29.6 Å². The Bertz CT molecular complexity index is 1310. The average Bonchev–Trinajstić information content (AvgIpc) is 3.23. The fourth-order valence-corrected chi connectivity index (χ4v) is 4.24. The highest BCUT2D eigenvalue weighted by molar-refractivity contribution is 7.80. The number of carbonyl (C=O) groups is 2. The van der Waals surface area contributed by atoms with Gasteiger partial charge in [-0.2, -0.15) is 27.0 Å². The van der Waals surface area contributed by atoms with E-state index >= 15 is 0 Å². The fraction of sp³-hybridized carbons (Fsp3) is 0.400. The lowest BCUT2D eigenvalue weighted by Gasteiger charge is -2.50. The topological polar surface area (TPSA) is 233 Å². The molecule has 1 fully saturated rings. The normalized spacial score (nSPS) is 16.5. The van der Waals surface area contributed by atoms with Crippen LogP contribution in [0.5, 0.6) is 5.88 Å². The van der Waals surface area contributed by atoms with Crippen molar-refractivity contribution in [3.05, 3.63) is 35.0 Å². The Morgan fingerprint density at radius 2 is 2.05 bits per heavy atom. The van der Waals surface area contributed by atoms with Crippen molar-refractivity contribution in [2.45, 2.75) is 33.2 Å². The lowest BCUT2D eigenvalue weighted by Crippen LogP contribution is -2.68. The van der Waals surface area contributed by atoms with Crippen LogP contribution < -0.4 is 16.2 Å². The van der Waals surface area contributed by atoms with E-state index in [9.17, 15) is 18.0 Å². The molecule has 1 unspecified atom stereocenters. The highest BCUT2D eigenvalue weighted by Gasteiger charge is 2.57. The fourth-order valence-electron chi connectivity index (χ4n) is 3.24. The highest BCUT2D eigenvalue weighted by atomic mass is 32.3. The maximum absolute atomic E-state index is 13.0. The molecule has 0 aliphatic carbocycles. The number of nitrogens with two attached hydrogens (primary N) is 2. The van der Waals surface area contributed by atoms with E-state index in [-0.39, 0.29) is 68.8 Å². The lowest BCUT2D eigenvalue weighted by atomic mass is 9.74. The van der Waals surface area contributed by atoms with Crippen molar-refractivity contribution in [3.63, 3.8) is 0 Å². The zero-order valence-electron chi connectivity index (χ0n) is 19.6. The van der Waals surface area contributed by atoms with Crippen molar-refractivity contribution >= 4 is 63.6 Å². The minimum absolute atomic E-state index is 0. The molecule has 18 heteroatoms. The Labute approximate surface area is 230 Å². The van der Waals surface area contributed by atoms with Crippen LogP contribution in [0.25, 0.3) is 0 Å². The van der Waals surface area contributed by atoms with Gasteiger partial charge in [-0.05, 0) is 19.9 Å². The molecular formula is C20H29N7O8S3. The molecule has 0 bridgehead atoms. The minimum atomic E-state index is -4.92. The highest BCUT2D eigenvalue weighted by Crippen LogP contribution is 2.40. The number of oxime groups is 1. The number of Topliss-reactive ketones (excluding diaryl/α,β-unsaturated/α-hetero) is 1. The monoisotopic (exact) mass is 591 g/mol. The second kappa shape index (κ2) is 13.0. The summed E-state index contributed by atoms with van der Waals surface area (Å²) in [4.78, 5) is 38.6. The first-order chi connectivity index (χ1) is 16.8. The molecule has 1 saturated heterocycles. The van der Waals surface area contributed by atoms with Crippen molar-refractivity contribution in [3.8, 4) is 5.88 Å². The van der Waals surface area contributed by atoms with Gasteiger partial charge in [0.2, 0.25) is 5.88 Å². The number of anilines is 1. The second-order valence-electron chi connectivity index (χ2n) is 7.96. The standard InChI is InChI=1S/C19H23N7O8S2.CH4.H2S/c1-19(2)11(17(28)26(19)34-36(29,30)31)8-13(27)15(12-9-35-18(22)24-12)25-33-6-5-32-14-7-10(16(20)21)3-4-23-14;;/h3-4,7,9,11H,5-6,8H2,1-2H3,(H3,20,21)(H2,22,24)(H,29,30,31);1H4;1H2/b25-15-;;. The molecule has 38 heavy (non-hydrogen) atoms. The number of aromatic nitrogens is 2. The number of β-lactam (4-membered cyclic amide) rings is 1. The third-order valence-corrected chi connectivity index (χ3v) is 6.10. The maximum Gasteiger partial charge on any atom is 0.418 e. The molecule has 1 aliphatic heterocycles. The largest absolute Gasteiger partial charge is 0.474 e. The SMILES string of the molecule is C.CC1(C)C(CC(=O)/C(=N\OCCOc2cc(C(=N)N)ccn2)c2csc(N)n2)C(=O)N1OS(=O)(=O)O.S. The van der Waals surface area contributed by atoms with Crippen LogP contribution in [-0.4, -0.2) is 70.0 Å². The molecule has 15 nitrogen and oxygen atoms in total. The summed E-state index contributed by atoms with van der Waals surface area (Å²) >= 11 is 1.07. The van der Waals surface area contributed by atoms with Gasteiger partial charge in [-0.3, -0.25) is 19.6 Å². The summed E-state index contributed by atoms with van der Waals surface area (Å²) in [7, 11) is -4.92. The van der Waals surface area contributed by atoms with Gasteiger partial charge in [0.25, 0.3) is 5.91 Å².